The lowest BCUT2D eigenvalue weighted by Crippen LogP contribution is -2.07. The molecular formula is C6H15NO2S. The van der Waals surface area contributed by atoms with Crippen LogP contribution in [0, 0.1) is 0 Å². The molecule has 4 heteroatoms. The van der Waals surface area contributed by atoms with Gasteiger partial charge in [0.15, 0.2) is 11.1 Å². The van der Waals surface area contributed by atoms with Crippen LogP contribution in [0.4, 0.5) is 0 Å². The number of hydrogen-bond acceptors (Lipinski definition) is 2. The van der Waals surface area contributed by atoms with Crippen molar-refractivity contribution >= 4 is 11.1 Å². The van der Waals surface area contributed by atoms with Crippen LogP contribution in [0.1, 0.15) is 19.3 Å². The lowest BCUT2D eigenvalue weighted by Gasteiger charge is -1.97. The van der Waals surface area contributed by atoms with E-state index in [1.54, 1.807) is 0 Å². The molecule has 2 N–H and O–H groups in total. The minimum atomic E-state index is -1.59. The first-order valence-electron chi connectivity index (χ1n) is 3.49. The summed E-state index contributed by atoms with van der Waals surface area (Å²) in [6.07, 6.45) is 2.98. The molecule has 0 saturated heterocycles. The van der Waals surface area contributed by atoms with Gasteiger partial charge in [-0.1, -0.05) is 6.42 Å². The Morgan fingerprint density at radius 2 is 2.10 bits per heavy atom. The van der Waals surface area contributed by atoms with Gasteiger partial charge in [-0.2, -0.15) is 0 Å². The van der Waals surface area contributed by atoms with Crippen LogP contribution in [-0.4, -0.2) is 28.1 Å². The Balaban J connectivity index is 2.84. The highest BCUT2D eigenvalue weighted by atomic mass is 32.2. The smallest absolute Gasteiger partial charge is 0.152 e. The highest BCUT2D eigenvalue weighted by molar-refractivity contribution is 7.79. The van der Waals surface area contributed by atoms with E-state index in [0.717, 1.165) is 25.8 Å². The van der Waals surface area contributed by atoms with Gasteiger partial charge in [0, 0.05) is 5.75 Å². The molecule has 0 bridgehead atoms. The molecule has 1 atom stereocenters. The molecule has 0 aromatic carbocycles. The third-order valence-corrected chi connectivity index (χ3v) is 1.88. The Hall–Kier alpha value is 0.0700. The van der Waals surface area contributed by atoms with Gasteiger partial charge in [-0.3, -0.25) is 0 Å². The minimum Gasteiger partial charge on any atom is -0.320 e. The molecular weight excluding hydrogens is 150 g/mol. The maximum absolute atomic E-state index is 10.1. The Bertz CT molecular complexity index is 97.7. The van der Waals surface area contributed by atoms with Crippen LogP contribution in [0.15, 0.2) is 0 Å². The zero-order valence-corrected chi connectivity index (χ0v) is 7.12. The predicted octanol–water partition coefficient (Wildman–Crippen LogP) is 0.598. The monoisotopic (exact) mass is 165 g/mol. The highest BCUT2D eigenvalue weighted by Crippen LogP contribution is 1.94. The van der Waals surface area contributed by atoms with Crippen LogP contribution in [0.5, 0.6) is 0 Å². The van der Waals surface area contributed by atoms with Gasteiger partial charge in [0.05, 0.1) is 0 Å². The molecule has 0 aromatic heterocycles. The molecule has 1 unspecified atom stereocenters. The molecule has 0 rings (SSSR count). The zero-order valence-electron chi connectivity index (χ0n) is 6.30. The van der Waals surface area contributed by atoms with E-state index in [4.69, 9.17) is 4.55 Å². The Morgan fingerprint density at radius 3 is 2.60 bits per heavy atom. The van der Waals surface area contributed by atoms with E-state index in [1.807, 2.05) is 7.05 Å². The lowest BCUT2D eigenvalue weighted by atomic mass is 10.2. The SMILES string of the molecule is CNCCCCCS(=O)O. The van der Waals surface area contributed by atoms with Gasteiger partial charge >= 0.3 is 0 Å². The average Bonchev–Trinajstić information content (AvgIpc) is 1.87. The molecule has 0 heterocycles. The van der Waals surface area contributed by atoms with Crippen molar-refractivity contribution in [1.29, 1.82) is 0 Å². The molecule has 62 valence electrons. The van der Waals surface area contributed by atoms with Crippen LogP contribution in [-0.2, 0) is 11.1 Å². The van der Waals surface area contributed by atoms with E-state index in [1.165, 1.54) is 0 Å². The first-order valence-corrected chi connectivity index (χ1v) is 4.77. The summed E-state index contributed by atoms with van der Waals surface area (Å²) in [6.45, 7) is 0.998. The van der Waals surface area contributed by atoms with Gasteiger partial charge in [0.1, 0.15) is 0 Å². The Morgan fingerprint density at radius 1 is 1.40 bits per heavy atom. The van der Waals surface area contributed by atoms with E-state index >= 15 is 0 Å². The molecule has 0 spiro atoms. The maximum atomic E-state index is 10.1. The molecule has 0 aliphatic heterocycles. The van der Waals surface area contributed by atoms with Crippen molar-refractivity contribution in [3.05, 3.63) is 0 Å². The summed E-state index contributed by atoms with van der Waals surface area (Å²) in [6, 6.07) is 0. The van der Waals surface area contributed by atoms with Crippen molar-refractivity contribution in [2.24, 2.45) is 0 Å². The van der Waals surface area contributed by atoms with Crippen molar-refractivity contribution in [3.63, 3.8) is 0 Å². The standard InChI is InChI=1S/C6H15NO2S/c1-7-5-3-2-4-6-10(8)9/h7H,2-6H2,1H3,(H,8,9). The fraction of sp³-hybridized carbons (Fsp3) is 1.00. The lowest BCUT2D eigenvalue weighted by molar-refractivity contribution is 0.558. The van der Waals surface area contributed by atoms with Crippen LogP contribution in [0.2, 0.25) is 0 Å². The van der Waals surface area contributed by atoms with Crippen LogP contribution in [0.3, 0.4) is 0 Å². The minimum absolute atomic E-state index is 0.420. The maximum Gasteiger partial charge on any atom is 0.152 e. The molecule has 0 aliphatic carbocycles. The molecule has 0 fully saturated rings. The highest BCUT2D eigenvalue weighted by Gasteiger charge is 1.92. The third kappa shape index (κ3) is 8.07. The Kier molecular flexibility index (Phi) is 7.23. The predicted molar refractivity (Wildman–Crippen MR) is 43.4 cm³/mol. The molecule has 0 radical (unpaired) electrons. The molecule has 0 aromatic rings. The van der Waals surface area contributed by atoms with Gasteiger partial charge in [-0.05, 0) is 26.4 Å². The van der Waals surface area contributed by atoms with E-state index in [2.05, 4.69) is 5.32 Å². The number of hydrogen-bond donors (Lipinski definition) is 2. The van der Waals surface area contributed by atoms with Gasteiger partial charge in [-0.15, -0.1) is 0 Å². The van der Waals surface area contributed by atoms with Gasteiger partial charge in [0.25, 0.3) is 0 Å². The topological polar surface area (TPSA) is 49.3 Å². The normalized spacial score (nSPS) is 13.4. The summed E-state index contributed by atoms with van der Waals surface area (Å²) in [5, 5.41) is 3.02. The molecule has 0 saturated carbocycles. The molecule has 3 nitrogen and oxygen atoms in total. The first-order chi connectivity index (χ1) is 4.77. The van der Waals surface area contributed by atoms with Gasteiger partial charge in [0.2, 0.25) is 0 Å². The summed E-state index contributed by atoms with van der Waals surface area (Å²) in [5.74, 6) is 0.420. The van der Waals surface area contributed by atoms with Crippen molar-refractivity contribution < 1.29 is 8.76 Å². The van der Waals surface area contributed by atoms with Crippen molar-refractivity contribution in [1.82, 2.24) is 5.32 Å². The second-order valence-corrected chi connectivity index (χ2v) is 3.24. The van der Waals surface area contributed by atoms with Crippen LogP contribution >= 0.6 is 0 Å². The van der Waals surface area contributed by atoms with Crippen molar-refractivity contribution in [3.8, 4) is 0 Å². The second kappa shape index (κ2) is 7.18. The fourth-order valence-electron chi connectivity index (χ4n) is 0.704. The van der Waals surface area contributed by atoms with Crippen LogP contribution < -0.4 is 5.32 Å². The zero-order chi connectivity index (χ0) is 7.82. The second-order valence-electron chi connectivity index (χ2n) is 2.19. The summed E-state index contributed by atoms with van der Waals surface area (Å²) >= 11 is -1.59. The number of rotatable bonds is 6. The summed E-state index contributed by atoms with van der Waals surface area (Å²) in [4.78, 5) is 0. The fourth-order valence-corrected chi connectivity index (χ4v) is 1.16. The van der Waals surface area contributed by atoms with Crippen molar-refractivity contribution in [2.45, 2.75) is 19.3 Å². The molecule has 0 aliphatic rings. The summed E-state index contributed by atoms with van der Waals surface area (Å²) < 4.78 is 18.5. The quantitative estimate of drug-likeness (QED) is 0.447. The number of nitrogens with one attached hydrogen (secondary N) is 1. The molecule has 0 amide bonds. The van der Waals surface area contributed by atoms with E-state index in [0.29, 0.717) is 5.75 Å². The van der Waals surface area contributed by atoms with Crippen LogP contribution in [0.25, 0.3) is 0 Å². The van der Waals surface area contributed by atoms with Crippen molar-refractivity contribution in [2.75, 3.05) is 19.3 Å². The summed E-state index contributed by atoms with van der Waals surface area (Å²) in [7, 11) is 1.91. The van der Waals surface area contributed by atoms with E-state index in [-0.39, 0.29) is 0 Å². The van der Waals surface area contributed by atoms with Gasteiger partial charge in [-0.25, -0.2) is 4.21 Å². The van der Waals surface area contributed by atoms with E-state index in [9.17, 15) is 4.21 Å². The molecule has 10 heavy (non-hydrogen) atoms. The van der Waals surface area contributed by atoms with E-state index < -0.39 is 11.1 Å². The summed E-state index contributed by atoms with van der Waals surface area (Å²) in [5.41, 5.74) is 0. The largest absolute Gasteiger partial charge is 0.320 e. The first kappa shape index (κ1) is 10.1. The third-order valence-electron chi connectivity index (χ3n) is 1.25. The average molecular weight is 165 g/mol. The number of unbranched alkanes of at least 4 members (excludes halogenated alkanes) is 2. The Labute approximate surface area is 64.5 Å². The van der Waals surface area contributed by atoms with Gasteiger partial charge < -0.3 is 9.87 Å².